The van der Waals surface area contributed by atoms with E-state index < -0.39 is 0 Å². The zero-order valence-electron chi connectivity index (χ0n) is 18.8. The number of rotatable bonds is 6. The second-order valence-electron chi connectivity index (χ2n) is 9.12. The Morgan fingerprint density at radius 3 is 2.50 bits per heavy atom. The van der Waals surface area contributed by atoms with Crippen molar-refractivity contribution in [1.29, 1.82) is 0 Å². The van der Waals surface area contributed by atoms with E-state index in [0.717, 1.165) is 68.0 Å². The first kappa shape index (κ1) is 20.7. The average Bonchev–Trinajstić information content (AvgIpc) is 3.58. The molecule has 1 aliphatic carbocycles. The fraction of sp³-hybridized carbons (Fsp3) is 0.423. The van der Waals surface area contributed by atoms with Crippen molar-refractivity contribution in [1.82, 2.24) is 19.4 Å². The number of nitrogens with zero attached hydrogens (tertiary/aromatic N) is 4. The third-order valence-corrected chi connectivity index (χ3v) is 7.12. The van der Waals surface area contributed by atoms with Crippen LogP contribution in [0.1, 0.15) is 36.9 Å². The molecule has 1 aromatic carbocycles. The first-order chi connectivity index (χ1) is 15.6. The maximum atomic E-state index is 13.4. The summed E-state index contributed by atoms with van der Waals surface area (Å²) >= 11 is 0. The van der Waals surface area contributed by atoms with Crippen LogP contribution in [0.5, 0.6) is 5.75 Å². The number of carbonyl (C=O) groups excluding carboxylic acids is 1. The molecule has 0 N–H and O–H groups in total. The summed E-state index contributed by atoms with van der Waals surface area (Å²) < 4.78 is 7.58. The van der Waals surface area contributed by atoms with E-state index in [1.807, 2.05) is 30.6 Å². The third kappa shape index (κ3) is 3.78. The zero-order chi connectivity index (χ0) is 22.1. The van der Waals surface area contributed by atoms with Crippen LogP contribution in [0.2, 0.25) is 0 Å². The third-order valence-electron chi connectivity index (χ3n) is 7.12. The van der Waals surface area contributed by atoms with Crippen LogP contribution in [-0.2, 0) is 16.8 Å². The summed E-state index contributed by atoms with van der Waals surface area (Å²) in [6, 6.07) is 12.0. The Balaban J connectivity index is 1.23. The quantitative estimate of drug-likeness (QED) is 0.587. The largest absolute Gasteiger partial charge is 0.497 e. The first-order valence-electron chi connectivity index (χ1n) is 11.5. The van der Waals surface area contributed by atoms with Crippen molar-refractivity contribution < 1.29 is 9.53 Å². The van der Waals surface area contributed by atoms with E-state index in [-0.39, 0.29) is 5.41 Å². The lowest BCUT2D eigenvalue weighted by atomic mass is 9.91. The number of imidazole rings is 1. The molecule has 5 rings (SSSR count). The molecule has 2 aromatic heterocycles. The molecule has 1 saturated carbocycles. The van der Waals surface area contributed by atoms with Gasteiger partial charge in [0, 0.05) is 49.5 Å². The number of benzene rings is 1. The molecule has 1 saturated heterocycles. The maximum Gasteiger partial charge on any atom is 0.233 e. The molecule has 166 valence electrons. The minimum atomic E-state index is -0.312. The van der Waals surface area contributed by atoms with E-state index in [4.69, 9.17) is 4.74 Å². The van der Waals surface area contributed by atoms with Crippen molar-refractivity contribution in [3.8, 4) is 17.1 Å². The molecule has 2 aliphatic rings. The van der Waals surface area contributed by atoms with Crippen molar-refractivity contribution in [2.75, 3.05) is 20.2 Å². The average molecular weight is 431 g/mol. The highest BCUT2D eigenvalue weighted by atomic mass is 16.5. The Kier molecular flexibility index (Phi) is 5.45. The summed E-state index contributed by atoms with van der Waals surface area (Å²) in [6.45, 7) is 4.70. The summed E-state index contributed by atoms with van der Waals surface area (Å²) in [5, 5.41) is 0. The van der Waals surface area contributed by atoms with Crippen LogP contribution < -0.4 is 4.74 Å². The predicted octanol–water partition coefficient (Wildman–Crippen LogP) is 4.23. The van der Waals surface area contributed by atoms with Gasteiger partial charge in [-0.1, -0.05) is 12.1 Å². The summed E-state index contributed by atoms with van der Waals surface area (Å²) in [4.78, 5) is 24.4. The van der Waals surface area contributed by atoms with Gasteiger partial charge < -0.3 is 14.2 Å². The van der Waals surface area contributed by atoms with Gasteiger partial charge in [0.25, 0.3) is 0 Å². The Morgan fingerprint density at radius 1 is 1.12 bits per heavy atom. The smallest absolute Gasteiger partial charge is 0.233 e. The van der Waals surface area contributed by atoms with Gasteiger partial charge in [-0.05, 0) is 68.4 Å². The standard InChI is InChI=1S/C26H30N4O2/c1-19-16-28-24(21-4-3-13-27-17-21)30(19)18-20-9-14-29(15-10-20)25(31)26(11-12-26)22-5-7-23(32-2)8-6-22/h3-8,13,16-17,20H,9-12,14-15,18H2,1-2H3. The first-order valence-corrected chi connectivity index (χ1v) is 11.5. The number of carbonyl (C=O) groups is 1. The second-order valence-corrected chi connectivity index (χ2v) is 9.12. The van der Waals surface area contributed by atoms with Crippen LogP contribution in [0.4, 0.5) is 0 Å². The molecule has 0 spiro atoms. The SMILES string of the molecule is COc1ccc(C2(C(=O)N3CCC(Cn4c(C)cnc4-c4cccnc4)CC3)CC2)cc1. The lowest BCUT2D eigenvalue weighted by Gasteiger charge is -2.35. The fourth-order valence-corrected chi connectivity index (χ4v) is 4.96. The van der Waals surface area contributed by atoms with Gasteiger partial charge in [-0.15, -0.1) is 0 Å². The normalized spacial score (nSPS) is 17.9. The highest BCUT2D eigenvalue weighted by Gasteiger charge is 2.53. The van der Waals surface area contributed by atoms with Crippen molar-refractivity contribution in [2.24, 2.45) is 5.92 Å². The fourth-order valence-electron chi connectivity index (χ4n) is 4.96. The molecule has 0 unspecified atom stereocenters. The number of amides is 1. The number of ether oxygens (including phenoxy) is 1. The predicted molar refractivity (Wildman–Crippen MR) is 123 cm³/mol. The van der Waals surface area contributed by atoms with Crippen LogP contribution in [0.3, 0.4) is 0 Å². The minimum absolute atomic E-state index is 0.302. The van der Waals surface area contributed by atoms with Crippen molar-refractivity contribution in [2.45, 2.75) is 44.6 Å². The van der Waals surface area contributed by atoms with Gasteiger partial charge >= 0.3 is 0 Å². The van der Waals surface area contributed by atoms with Gasteiger partial charge in [0.1, 0.15) is 11.6 Å². The van der Waals surface area contributed by atoms with E-state index in [1.165, 1.54) is 5.69 Å². The van der Waals surface area contributed by atoms with Crippen LogP contribution in [0, 0.1) is 12.8 Å². The monoisotopic (exact) mass is 430 g/mol. The molecule has 1 amide bonds. The molecule has 0 atom stereocenters. The Morgan fingerprint density at radius 2 is 1.88 bits per heavy atom. The van der Waals surface area contributed by atoms with Crippen LogP contribution in [-0.4, -0.2) is 45.5 Å². The van der Waals surface area contributed by atoms with E-state index in [1.54, 1.807) is 13.3 Å². The zero-order valence-corrected chi connectivity index (χ0v) is 18.8. The number of hydrogen-bond donors (Lipinski definition) is 0. The van der Waals surface area contributed by atoms with Crippen molar-refractivity contribution in [3.63, 3.8) is 0 Å². The van der Waals surface area contributed by atoms with E-state index in [2.05, 4.69) is 44.6 Å². The lowest BCUT2D eigenvalue weighted by molar-refractivity contribution is -0.135. The summed E-state index contributed by atoms with van der Waals surface area (Å²) in [5.41, 5.74) is 3.02. The molecular weight excluding hydrogens is 400 g/mol. The molecule has 6 heteroatoms. The van der Waals surface area contributed by atoms with Gasteiger partial charge in [-0.25, -0.2) is 4.98 Å². The lowest BCUT2D eigenvalue weighted by Crippen LogP contribution is -2.44. The van der Waals surface area contributed by atoms with Gasteiger partial charge in [0.05, 0.1) is 12.5 Å². The number of likely N-dealkylation sites (tertiary alicyclic amines) is 1. The summed E-state index contributed by atoms with van der Waals surface area (Å²) in [6.07, 6.45) is 9.53. The molecule has 3 heterocycles. The van der Waals surface area contributed by atoms with Gasteiger partial charge in [-0.3, -0.25) is 9.78 Å². The van der Waals surface area contributed by atoms with Crippen molar-refractivity contribution in [3.05, 3.63) is 66.2 Å². The van der Waals surface area contributed by atoms with Crippen LogP contribution >= 0.6 is 0 Å². The highest BCUT2D eigenvalue weighted by molar-refractivity contribution is 5.91. The summed E-state index contributed by atoms with van der Waals surface area (Å²) in [5.74, 6) is 2.65. The Bertz CT molecular complexity index is 1080. The molecule has 0 radical (unpaired) electrons. The van der Waals surface area contributed by atoms with E-state index >= 15 is 0 Å². The topological polar surface area (TPSA) is 60.2 Å². The van der Waals surface area contributed by atoms with Gasteiger partial charge in [0.15, 0.2) is 0 Å². The number of piperidine rings is 1. The Labute approximate surface area is 189 Å². The molecule has 2 fully saturated rings. The molecule has 1 aliphatic heterocycles. The van der Waals surface area contributed by atoms with Crippen LogP contribution in [0.15, 0.2) is 55.0 Å². The number of methoxy groups -OCH3 is 1. The van der Waals surface area contributed by atoms with E-state index in [0.29, 0.717) is 11.8 Å². The molecule has 6 nitrogen and oxygen atoms in total. The van der Waals surface area contributed by atoms with Gasteiger partial charge in [-0.2, -0.15) is 0 Å². The number of aromatic nitrogens is 3. The molecular formula is C26H30N4O2. The minimum Gasteiger partial charge on any atom is -0.497 e. The van der Waals surface area contributed by atoms with Crippen LogP contribution in [0.25, 0.3) is 11.4 Å². The Hall–Kier alpha value is -3.15. The van der Waals surface area contributed by atoms with Crippen molar-refractivity contribution >= 4 is 5.91 Å². The number of hydrogen-bond acceptors (Lipinski definition) is 4. The number of aryl methyl sites for hydroxylation is 1. The molecule has 3 aromatic rings. The molecule has 32 heavy (non-hydrogen) atoms. The summed E-state index contributed by atoms with van der Waals surface area (Å²) in [7, 11) is 1.67. The molecule has 0 bridgehead atoms. The number of pyridine rings is 1. The second kappa shape index (κ2) is 8.41. The van der Waals surface area contributed by atoms with E-state index in [9.17, 15) is 4.79 Å². The highest BCUT2D eigenvalue weighted by Crippen LogP contribution is 2.50. The maximum absolute atomic E-state index is 13.4. The van der Waals surface area contributed by atoms with Gasteiger partial charge in [0.2, 0.25) is 5.91 Å².